The Bertz CT molecular complexity index is 573. The minimum atomic E-state index is 0.436. The number of ether oxygens (including phenoxy) is 1. The van der Waals surface area contributed by atoms with Crippen LogP contribution in [0.1, 0.15) is 17.1 Å². The number of hydrogen-bond acceptors (Lipinski definition) is 3. The highest BCUT2D eigenvalue weighted by Crippen LogP contribution is 2.32. The summed E-state index contributed by atoms with van der Waals surface area (Å²) < 4.78 is 7.44. The Morgan fingerprint density at radius 1 is 1.33 bits per heavy atom. The summed E-state index contributed by atoms with van der Waals surface area (Å²) in [5.41, 5.74) is 9.94. The minimum Gasteiger partial charge on any atom is -0.496 e. The van der Waals surface area contributed by atoms with Gasteiger partial charge in [0.2, 0.25) is 0 Å². The van der Waals surface area contributed by atoms with Gasteiger partial charge in [-0.3, -0.25) is 0 Å². The van der Waals surface area contributed by atoms with Gasteiger partial charge in [-0.2, -0.15) is 0 Å². The first kappa shape index (κ1) is 12.6. The van der Waals surface area contributed by atoms with Crippen molar-refractivity contribution in [1.82, 2.24) is 9.55 Å². The third-order valence-electron chi connectivity index (χ3n) is 3.27. The fourth-order valence-corrected chi connectivity index (χ4v) is 2.08. The second-order valence-electron chi connectivity index (χ2n) is 4.43. The normalized spacial score (nSPS) is 10.7. The number of hydrogen-bond donors (Lipinski definition) is 1. The predicted octanol–water partition coefficient (Wildman–Crippen LogP) is 2.17. The molecule has 0 atom stereocenters. The topological polar surface area (TPSA) is 53.1 Å². The molecule has 0 radical (unpaired) electrons. The van der Waals surface area contributed by atoms with E-state index in [1.54, 1.807) is 7.11 Å². The summed E-state index contributed by atoms with van der Waals surface area (Å²) in [7, 11) is 3.66. The number of aryl methyl sites for hydroxylation is 1. The maximum absolute atomic E-state index is 5.70. The molecule has 1 aromatic heterocycles. The van der Waals surface area contributed by atoms with Crippen molar-refractivity contribution in [3.63, 3.8) is 0 Å². The van der Waals surface area contributed by atoms with Crippen molar-refractivity contribution >= 4 is 0 Å². The molecular weight excluding hydrogens is 226 g/mol. The standard InChI is InChI=1S/C14H19N3O/c1-9-5-6-12(18-4)11(7-9)14-10(2)17(3)13(8-15)16-14/h5-7H,8,15H2,1-4H3. The van der Waals surface area contributed by atoms with E-state index in [-0.39, 0.29) is 0 Å². The van der Waals surface area contributed by atoms with Gasteiger partial charge in [0.05, 0.1) is 19.3 Å². The SMILES string of the molecule is COc1ccc(C)cc1-c1nc(CN)n(C)c1C. The van der Waals surface area contributed by atoms with Crippen LogP contribution in [0.25, 0.3) is 11.3 Å². The van der Waals surface area contributed by atoms with Gasteiger partial charge in [-0.25, -0.2) is 4.98 Å². The molecule has 0 spiro atoms. The van der Waals surface area contributed by atoms with Gasteiger partial charge >= 0.3 is 0 Å². The molecule has 2 rings (SSSR count). The van der Waals surface area contributed by atoms with Crippen LogP contribution >= 0.6 is 0 Å². The number of nitrogens with two attached hydrogens (primary N) is 1. The van der Waals surface area contributed by atoms with E-state index in [2.05, 4.69) is 18.0 Å². The molecule has 0 aliphatic rings. The van der Waals surface area contributed by atoms with Crippen molar-refractivity contribution in [1.29, 1.82) is 0 Å². The van der Waals surface area contributed by atoms with Gasteiger partial charge in [-0.15, -0.1) is 0 Å². The van der Waals surface area contributed by atoms with Crippen molar-refractivity contribution in [2.45, 2.75) is 20.4 Å². The number of rotatable bonds is 3. The van der Waals surface area contributed by atoms with Crippen molar-refractivity contribution in [2.75, 3.05) is 7.11 Å². The molecule has 0 aliphatic carbocycles. The molecule has 0 amide bonds. The number of imidazole rings is 1. The highest BCUT2D eigenvalue weighted by molar-refractivity contribution is 5.70. The van der Waals surface area contributed by atoms with E-state index in [0.29, 0.717) is 6.54 Å². The van der Waals surface area contributed by atoms with Crippen LogP contribution in [0.5, 0.6) is 5.75 Å². The maximum atomic E-state index is 5.70. The zero-order chi connectivity index (χ0) is 13.3. The average Bonchev–Trinajstić information content (AvgIpc) is 2.66. The summed E-state index contributed by atoms with van der Waals surface area (Å²) in [4.78, 5) is 4.61. The van der Waals surface area contributed by atoms with Crippen LogP contribution < -0.4 is 10.5 Å². The van der Waals surface area contributed by atoms with Crippen LogP contribution in [-0.4, -0.2) is 16.7 Å². The van der Waals surface area contributed by atoms with Crippen molar-refractivity contribution in [3.8, 4) is 17.0 Å². The second-order valence-corrected chi connectivity index (χ2v) is 4.43. The van der Waals surface area contributed by atoms with Gasteiger partial charge in [0.1, 0.15) is 11.6 Å². The summed E-state index contributed by atoms with van der Waals surface area (Å²) in [6.45, 7) is 4.54. The molecular formula is C14H19N3O. The number of nitrogens with zero attached hydrogens (tertiary/aromatic N) is 2. The predicted molar refractivity (Wildman–Crippen MR) is 72.6 cm³/mol. The van der Waals surface area contributed by atoms with E-state index in [4.69, 9.17) is 10.5 Å². The summed E-state index contributed by atoms with van der Waals surface area (Å²) in [6.07, 6.45) is 0. The Hall–Kier alpha value is -1.81. The second kappa shape index (κ2) is 4.82. The quantitative estimate of drug-likeness (QED) is 0.901. The maximum Gasteiger partial charge on any atom is 0.128 e. The van der Waals surface area contributed by atoms with Crippen molar-refractivity contribution in [2.24, 2.45) is 12.8 Å². The molecule has 18 heavy (non-hydrogen) atoms. The van der Waals surface area contributed by atoms with Crippen LogP contribution in [0.15, 0.2) is 18.2 Å². The fourth-order valence-electron chi connectivity index (χ4n) is 2.08. The van der Waals surface area contributed by atoms with E-state index >= 15 is 0 Å². The Kier molecular flexibility index (Phi) is 3.39. The third kappa shape index (κ3) is 1.99. The lowest BCUT2D eigenvalue weighted by atomic mass is 10.1. The highest BCUT2D eigenvalue weighted by atomic mass is 16.5. The molecule has 0 aliphatic heterocycles. The lowest BCUT2D eigenvalue weighted by molar-refractivity contribution is 0.416. The fraction of sp³-hybridized carbons (Fsp3) is 0.357. The van der Waals surface area contributed by atoms with Gasteiger partial charge in [-0.1, -0.05) is 11.6 Å². The molecule has 2 aromatic rings. The zero-order valence-electron chi connectivity index (χ0n) is 11.3. The Morgan fingerprint density at radius 3 is 2.61 bits per heavy atom. The van der Waals surface area contributed by atoms with E-state index in [1.807, 2.05) is 30.7 Å². The van der Waals surface area contributed by atoms with Gasteiger partial charge < -0.3 is 15.0 Å². The molecule has 0 bridgehead atoms. The lowest BCUT2D eigenvalue weighted by Crippen LogP contribution is -2.05. The molecule has 0 fully saturated rings. The average molecular weight is 245 g/mol. The number of methoxy groups -OCH3 is 1. The summed E-state index contributed by atoms with van der Waals surface area (Å²) >= 11 is 0. The van der Waals surface area contributed by atoms with Gasteiger partial charge in [0.15, 0.2) is 0 Å². The van der Waals surface area contributed by atoms with Crippen LogP contribution in [0.4, 0.5) is 0 Å². The first-order valence-electron chi connectivity index (χ1n) is 5.95. The molecule has 0 saturated heterocycles. The van der Waals surface area contributed by atoms with Crippen LogP contribution in [0.2, 0.25) is 0 Å². The van der Waals surface area contributed by atoms with Crippen molar-refractivity contribution in [3.05, 3.63) is 35.3 Å². The Labute approximate surface area is 107 Å². The molecule has 2 N–H and O–H groups in total. The molecule has 1 aromatic carbocycles. The third-order valence-corrected chi connectivity index (χ3v) is 3.27. The Balaban J connectivity index is 2.64. The summed E-state index contributed by atoms with van der Waals surface area (Å²) in [6, 6.07) is 6.10. The zero-order valence-corrected chi connectivity index (χ0v) is 11.3. The molecule has 0 saturated carbocycles. The van der Waals surface area contributed by atoms with Gasteiger partial charge in [-0.05, 0) is 26.0 Å². The summed E-state index contributed by atoms with van der Waals surface area (Å²) in [5, 5.41) is 0. The monoisotopic (exact) mass is 245 g/mol. The first-order valence-corrected chi connectivity index (χ1v) is 5.95. The Morgan fingerprint density at radius 2 is 2.06 bits per heavy atom. The van der Waals surface area contributed by atoms with Crippen LogP contribution in [-0.2, 0) is 13.6 Å². The van der Waals surface area contributed by atoms with E-state index in [9.17, 15) is 0 Å². The molecule has 96 valence electrons. The van der Waals surface area contributed by atoms with Crippen LogP contribution in [0, 0.1) is 13.8 Å². The molecule has 1 heterocycles. The smallest absolute Gasteiger partial charge is 0.128 e. The van der Waals surface area contributed by atoms with Crippen molar-refractivity contribution < 1.29 is 4.74 Å². The van der Waals surface area contributed by atoms with Gasteiger partial charge in [0.25, 0.3) is 0 Å². The molecule has 4 nitrogen and oxygen atoms in total. The first-order chi connectivity index (χ1) is 8.58. The van der Waals surface area contributed by atoms with E-state index in [1.165, 1.54) is 5.56 Å². The number of aromatic nitrogens is 2. The molecule has 0 unspecified atom stereocenters. The molecule has 4 heteroatoms. The van der Waals surface area contributed by atoms with E-state index < -0.39 is 0 Å². The highest BCUT2D eigenvalue weighted by Gasteiger charge is 2.15. The van der Waals surface area contributed by atoms with Gasteiger partial charge in [0, 0.05) is 18.3 Å². The summed E-state index contributed by atoms with van der Waals surface area (Å²) in [5.74, 6) is 1.72. The number of benzene rings is 1. The van der Waals surface area contributed by atoms with Crippen LogP contribution in [0.3, 0.4) is 0 Å². The minimum absolute atomic E-state index is 0.436. The largest absolute Gasteiger partial charge is 0.496 e. The lowest BCUT2D eigenvalue weighted by Gasteiger charge is -2.08. The van der Waals surface area contributed by atoms with E-state index in [0.717, 1.165) is 28.5 Å².